The van der Waals surface area contributed by atoms with E-state index < -0.39 is 9.84 Å². The monoisotopic (exact) mass is 503 g/mol. The van der Waals surface area contributed by atoms with E-state index in [9.17, 15) is 8.42 Å². The molecule has 6 nitrogen and oxygen atoms in total. The number of aliphatic imine (C=N–C) groups is 1. The Balaban J connectivity index is 0.00000576. The van der Waals surface area contributed by atoms with Crippen LogP contribution in [0.3, 0.4) is 0 Å². The molecule has 9 heteroatoms. The number of halogens is 2. The van der Waals surface area contributed by atoms with Crippen LogP contribution in [0.25, 0.3) is 0 Å². The Hall–Kier alpha value is -0.740. The third kappa shape index (κ3) is 11.5. The van der Waals surface area contributed by atoms with Crippen LogP contribution < -0.4 is 15.4 Å². The van der Waals surface area contributed by atoms with Crippen molar-refractivity contribution in [1.29, 1.82) is 0 Å². The summed E-state index contributed by atoms with van der Waals surface area (Å²) in [5.74, 6) is 1.42. The van der Waals surface area contributed by atoms with Gasteiger partial charge in [-0.3, -0.25) is 0 Å². The molecule has 0 fully saturated rings. The molecule has 1 aromatic rings. The van der Waals surface area contributed by atoms with Crippen LogP contribution in [0.5, 0.6) is 5.75 Å². The molecule has 0 radical (unpaired) electrons. The van der Waals surface area contributed by atoms with Gasteiger partial charge in [-0.2, -0.15) is 0 Å². The third-order valence-electron chi connectivity index (χ3n) is 3.10. The lowest BCUT2D eigenvalue weighted by molar-refractivity contribution is 0.328. The average Bonchev–Trinajstić information content (AvgIpc) is 2.50. The Morgan fingerprint density at radius 1 is 1.36 bits per heavy atom. The topological polar surface area (TPSA) is 79.8 Å². The number of nitrogens with one attached hydrogen (secondary N) is 2. The highest BCUT2D eigenvalue weighted by atomic mass is 127. The van der Waals surface area contributed by atoms with Crippen LogP contribution >= 0.6 is 35.6 Å². The Labute approximate surface area is 172 Å². The smallest absolute Gasteiger partial charge is 0.191 e. The first-order valence-corrected chi connectivity index (χ1v) is 10.4. The molecule has 0 heterocycles. The largest absolute Gasteiger partial charge is 0.490 e. The first-order chi connectivity index (χ1) is 11.3. The zero-order valence-electron chi connectivity index (χ0n) is 14.8. The number of nitrogens with zero attached hydrogens (tertiary/aromatic N) is 1. The zero-order valence-corrected chi connectivity index (χ0v) is 18.7. The van der Waals surface area contributed by atoms with Gasteiger partial charge < -0.3 is 15.4 Å². The van der Waals surface area contributed by atoms with Crippen molar-refractivity contribution in [2.75, 3.05) is 31.7 Å². The number of hydrogen-bond donors (Lipinski definition) is 2. The predicted octanol–water partition coefficient (Wildman–Crippen LogP) is 2.72. The Kier molecular flexibility index (Phi) is 12.2. The molecule has 0 spiro atoms. The van der Waals surface area contributed by atoms with Gasteiger partial charge in [0.05, 0.1) is 17.3 Å². The molecule has 1 rings (SSSR count). The molecular formula is C16H27ClIN3O3S. The van der Waals surface area contributed by atoms with Gasteiger partial charge in [0.15, 0.2) is 5.96 Å². The second kappa shape index (κ2) is 12.6. The van der Waals surface area contributed by atoms with E-state index in [0.29, 0.717) is 36.3 Å². The molecule has 2 N–H and O–H groups in total. The minimum absolute atomic E-state index is 0. The maximum atomic E-state index is 11.2. The summed E-state index contributed by atoms with van der Waals surface area (Å²) in [6.45, 7) is 5.48. The summed E-state index contributed by atoms with van der Waals surface area (Å²) in [7, 11) is -2.96. The molecule has 25 heavy (non-hydrogen) atoms. The van der Waals surface area contributed by atoms with Crippen molar-refractivity contribution in [3.8, 4) is 5.75 Å². The van der Waals surface area contributed by atoms with Crippen LogP contribution in [0, 0.1) is 0 Å². The van der Waals surface area contributed by atoms with Gasteiger partial charge in [0.1, 0.15) is 22.2 Å². The molecule has 144 valence electrons. The number of benzene rings is 1. The van der Waals surface area contributed by atoms with Gasteiger partial charge >= 0.3 is 0 Å². The van der Waals surface area contributed by atoms with E-state index in [1.165, 1.54) is 6.26 Å². The fourth-order valence-corrected chi connectivity index (χ4v) is 2.86. The van der Waals surface area contributed by atoms with Crippen molar-refractivity contribution in [3.05, 3.63) is 29.3 Å². The average molecular weight is 504 g/mol. The number of ether oxygens (including phenoxy) is 1. The molecule has 1 unspecified atom stereocenters. The second-order valence-electron chi connectivity index (χ2n) is 5.50. The summed E-state index contributed by atoms with van der Waals surface area (Å²) < 4.78 is 28.0. The third-order valence-corrected chi connectivity index (χ3v) is 4.39. The molecule has 0 aromatic heterocycles. The molecule has 0 saturated heterocycles. The zero-order chi connectivity index (χ0) is 18.0. The molecular weight excluding hydrogens is 477 g/mol. The van der Waals surface area contributed by atoms with Gasteiger partial charge in [0, 0.05) is 18.8 Å². The van der Waals surface area contributed by atoms with Gasteiger partial charge in [0.25, 0.3) is 0 Å². The van der Waals surface area contributed by atoms with Crippen LogP contribution in [-0.4, -0.2) is 52.1 Å². The van der Waals surface area contributed by atoms with Crippen LogP contribution in [-0.2, 0) is 9.84 Å². The van der Waals surface area contributed by atoms with Crippen molar-refractivity contribution in [2.45, 2.75) is 26.3 Å². The van der Waals surface area contributed by atoms with Gasteiger partial charge in [0.2, 0.25) is 0 Å². The molecule has 0 aliphatic rings. The highest BCUT2D eigenvalue weighted by Gasteiger charge is 2.09. The fourth-order valence-electron chi connectivity index (χ4n) is 1.89. The lowest BCUT2D eigenvalue weighted by Crippen LogP contribution is -2.43. The molecule has 0 bridgehead atoms. The molecule has 0 aliphatic carbocycles. The summed E-state index contributed by atoms with van der Waals surface area (Å²) in [5, 5.41) is 6.89. The Bertz CT molecular complexity index is 641. The molecule has 0 amide bonds. The number of sulfone groups is 1. The van der Waals surface area contributed by atoms with Crippen molar-refractivity contribution >= 4 is 51.4 Å². The van der Waals surface area contributed by atoms with Crippen molar-refractivity contribution in [3.63, 3.8) is 0 Å². The van der Waals surface area contributed by atoms with E-state index >= 15 is 0 Å². The number of guanidine groups is 1. The van der Waals surface area contributed by atoms with Gasteiger partial charge in [-0.25, -0.2) is 13.4 Å². The standard InChI is InChI=1S/C16H26ClN3O3S.HI/c1-4-18-16(20-13(2)9-12-24(3,21)22)19-10-11-23-15-8-6-5-7-14(15)17;/h5-8,13H,4,9-12H2,1-3H3,(H2,18,19,20);1H. The minimum atomic E-state index is -2.96. The van der Waals surface area contributed by atoms with E-state index in [-0.39, 0.29) is 35.8 Å². The lowest BCUT2D eigenvalue weighted by atomic mass is 10.3. The highest BCUT2D eigenvalue weighted by molar-refractivity contribution is 14.0. The summed E-state index contributed by atoms with van der Waals surface area (Å²) >= 11 is 6.02. The summed E-state index contributed by atoms with van der Waals surface area (Å²) in [4.78, 5) is 4.42. The first-order valence-electron chi connectivity index (χ1n) is 7.91. The van der Waals surface area contributed by atoms with E-state index in [1.807, 2.05) is 32.0 Å². The Morgan fingerprint density at radius 3 is 2.64 bits per heavy atom. The van der Waals surface area contributed by atoms with Crippen molar-refractivity contribution in [1.82, 2.24) is 10.6 Å². The van der Waals surface area contributed by atoms with Crippen LogP contribution in [0.4, 0.5) is 0 Å². The van der Waals surface area contributed by atoms with Gasteiger partial charge in [-0.1, -0.05) is 23.7 Å². The van der Waals surface area contributed by atoms with E-state index in [2.05, 4.69) is 15.6 Å². The van der Waals surface area contributed by atoms with Crippen molar-refractivity contribution < 1.29 is 13.2 Å². The molecule has 0 saturated carbocycles. The van der Waals surface area contributed by atoms with Crippen LogP contribution in [0.2, 0.25) is 5.02 Å². The Morgan fingerprint density at radius 2 is 2.04 bits per heavy atom. The summed E-state index contributed by atoms with van der Waals surface area (Å²) in [6, 6.07) is 7.29. The summed E-state index contributed by atoms with van der Waals surface area (Å²) in [6.07, 6.45) is 1.77. The predicted molar refractivity (Wildman–Crippen MR) is 115 cm³/mol. The molecule has 1 aromatic carbocycles. The second-order valence-corrected chi connectivity index (χ2v) is 8.17. The normalized spacial score (nSPS) is 12.9. The highest BCUT2D eigenvalue weighted by Crippen LogP contribution is 2.22. The van der Waals surface area contributed by atoms with Crippen molar-refractivity contribution in [2.24, 2.45) is 4.99 Å². The number of rotatable bonds is 9. The maximum Gasteiger partial charge on any atom is 0.191 e. The minimum Gasteiger partial charge on any atom is -0.490 e. The maximum absolute atomic E-state index is 11.2. The van der Waals surface area contributed by atoms with Crippen LogP contribution in [0.15, 0.2) is 29.3 Å². The number of hydrogen-bond acceptors (Lipinski definition) is 4. The number of para-hydroxylation sites is 1. The quantitative estimate of drug-likeness (QED) is 0.234. The van der Waals surface area contributed by atoms with E-state index in [1.54, 1.807) is 6.07 Å². The van der Waals surface area contributed by atoms with E-state index in [0.717, 1.165) is 6.54 Å². The van der Waals surface area contributed by atoms with Gasteiger partial charge in [-0.05, 0) is 32.4 Å². The van der Waals surface area contributed by atoms with Gasteiger partial charge in [-0.15, -0.1) is 24.0 Å². The summed E-state index contributed by atoms with van der Waals surface area (Å²) in [5.41, 5.74) is 0. The lowest BCUT2D eigenvalue weighted by Gasteiger charge is -2.17. The first kappa shape index (κ1) is 24.3. The SMILES string of the molecule is CCNC(=NCCOc1ccccc1Cl)NC(C)CCS(C)(=O)=O.I. The molecule has 1 atom stereocenters. The molecule has 0 aliphatic heterocycles. The van der Waals surface area contributed by atoms with Crippen LogP contribution in [0.1, 0.15) is 20.3 Å². The fraction of sp³-hybridized carbons (Fsp3) is 0.562. The van der Waals surface area contributed by atoms with E-state index in [4.69, 9.17) is 16.3 Å².